The number of fused-ring (bicyclic) bond motifs is 2. The van der Waals surface area contributed by atoms with Crippen LogP contribution in [0.5, 0.6) is 0 Å². The summed E-state index contributed by atoms with van der Waals surface area (Å²) in [4.78, 5) is 0. The van der Waals surface area contributed by atoms with Crippen LogP contribution >= 0.6 is 0 Å². The van der Waals surface area contributed by atoms with Gasteiger partial charge >= 0.3 is 0 Å². The molecule has 2 aliphatic carbocycles. The molecule has 118 valence electrons. The zero-order valence-electron chi connectivity index (χ0n) is 13.5. The van der Waals surface area contributed by atoms with Gasteiger partial charge in [0, 0.05) is 11.3 Å². The summed E-state index contributed by atoms with van der Waals surface area (Å²) in [6.45, 7) is 1.42. The van der Waals surface area contributed by atoms with Crippen LogP contribution in [0, 0.1) is 22.7 Å². The number of hydrogen-bond acceptors (Lipinski definition) is 2. The highest BCUT2D eigenvalue weighted by Crippen LogP contribution is 2.68. The molecule has 1 saturated heterocycles. The molecule has 0 aromatic heterocycles. The summed E-state index contributed by atoms with van der Waals surface area (Å²) >= 11 is 0. The van der Waals surface area contributed by atoms with Crippen molar-refractivity contribution in [1.82, 2.24) is 0 Å². The van der Waals surface area contributed by atoms with E-state index >= 15 is 0 Å². The van der Waals surface area contributed by atoms with Gasteiger partial charge in [0.1, 0.15) is 5.41 Å². The van der Waals surface area contributed by atoms with Crippen LogP contribution in [0.3, 0.4) is 0 Å². The fraction of sp³-hybridized carbons (Fsp3) is 0.318. The van der Waals surface area contributed by atoms with Crippen molar-refractivity contribution in [2.24, 2.45) is 11.3 Å². The molecule has 4 atom stereocenters. The first-order chi connectivity index (χ1) is 11.8. The number of nitriles is 1. The SMILES string of the molecule is N#C[C@@]12c3ccccc3C=C[C@@]13COC[C@H]3C[C@H]2c1ccccc1. The fourth-order valence-corrected chi connectivity index (χ4v) is 5.44. The molecule has 0 bridgehead atoms. The Kier molecular flexibility index (Phi) is 2.81. The second-order valence-electron chi connectivity index (χ2n) is 7.29. The smallest absolute Gasteiger partial charge is 0.101 e. The Morgan fingerprint density at radius 2 is 1.83 bits per heavy atom. The van der Waals surface area contributed by atoms with Crippen LogP contribution in [0.15, 0.2) is 60.7 Å². The van der Waals surface area contributed by atoms with Gasteiger partial charge in [-0.3, -0.25) is 0 Å². The van der Waals surface area contributed by atoms with Crippen molar-refractivity contribution < 1.29 is 4.74 Å². The Balaban J connectivity index is 1.82. The van der Waals surface area contributed by atoms with Crippen molar-refractivity contribution in [3.05, 3.63) is 77.4 Å². The largest absolute Gasteiger partial charge is 0.380 e. The molecule has 3 aliphatic rings. The normalized spacial score (nSPS) is 35.8. The molecule has 0 amide bonds. The minimum absolute atomic E-state index is 0.198. The van der Waals surface area contributed by atoms with E-state index < -0.39 is 5.41 Å². The highest BCUT2D eigenvalue weighted by atomic mass is 16.5. The molecule has 5 rings (SSSR count). The molecule has 2 aromatic rings. The third-order valence-corrected chi connectivity index (χ3v) is 6.49. The minimum Gasteiger partial charge on any atom is -0.380 e. The monoisotopic (exact) mass is 313 g/mol. The second kappa shape index (κ2) is 4.82. The molecule has 2 nitrogen and oxygen atoms in total. The van der Waals surface area contributed by atoms with E-state index in [1.165, 1.54) is 16.7 Å². The summed E-state index contributed by atoms with van der Waals surface area (Å²) in [5, 5.41) is 10.5. The lowest BCUT2D eigenvalue weighted by atomic mass is 9.54. The van der Waals surface area contributed by atoms with E-state index in [1.54, 1.807) is 0 Å². The molecule has 0 radical (unpaired) electrons. The van der Waals surface area contributed by atoms with Crippen LogP contribution in [0.4, 0.5) is 0 Å². The topological polar surface area (TPSA) is 33.0 Å². The Bertz CT molecular complexity index is 865. The molecular weight excluding hydrogens is 294 g/mol. The van der Waals surface area contributed by atoms with E-state index in [9.17, 15) is 5.26 Å². The van der Waals surface area contributed by atoms with Crippen molar-refractivity contribution in [3.8, 4) is 6.07 Å². The van der Waals surface area contributed by atoms with Gasteiger partial charge in [0.25, 0.3) is 0 Å². The average Bonchev–Trinajstić information content (AvgIpc) is 3.16. The molecule has 2 fully saturated rings. The molecule has 0 unspecified atom stereocenters. The van der Waals surface area contributed by atoms with Crippen LogP contribution in [0.25, 0.3) is 6.08 Å². The van der Waals surface area contributed by atoms with Gasteiger partial charge in [0.2, 0.25) is 0 Å². The molecule has 1 saturated carbocycles. The summed E-state index contributed by atoms with van der Waals surface area (Å²) in [7, 11) is 0. The summed E-state index contributed by atoms with van der Waals surface area (Å²) in [6, 6.07) is 21.8. The zero-order valence-corrected chi connectivity index (χ0v) is 13.5. The summed E-state index contributed by atoms with van der Waals surface area (Å²) in [5.41, 5.74) is 2.89. The number of benzene rings is 2. The van der Waals surface area contributed by atoms with Gasteiger partial charge in [-0.15, -0.1) is 0 Å². The van der Waals surface area contributed by atoms with Crippen molar-refractivity contribution in [3.63, 3.8) is 0 Å². The lowest BCUT2D eigenvalue weighted by Gasteiger charge is -2.45. The number of ether oxygens (including phenoxy) is 1. The first-order valence-corrected chi connectivity index (χ1v) is 8.64. The van der Waals surface area contributed by atoms with Crippen LogP contribution in [-0.2, 0) is 10.2 Å². The lowest BCUT2D eigenvalue weighted by molar-refractivity contribution is 0.135. The van der Waals surface area contributed by atoms with Crippen molar-refractivity contribution in [2.75, 3.05) is 13.2 Å². The van der Waals surface area contributed by atoms with E-state index in [0.29, 0.717) is 12.5 Å². The molecule has 1 spiro atoms. The Morgan fingerprint density at radius 1 is 1.04 bits per heavy atom. The predicted octanol–water partition coefficient (Wildman–Crippen LogP) is 4.30. The Morgan fingerprint density at radius 3 is 2.67 bits per heavy atom. The van der Waals surface area contributed by atoms with Gasteiger partial charge in [-0.1, -0.05) is 66.7 Å². The standard InChI is InChI=1S/C22H19NO/c23-14-22-19-9-5-4-8-17(19)10-11-21(22)15-24-13-18(21)12-20(22)16-6-2-1-3-7-16/h1-11,18,20H,12-13,15H2/t18-,20+,21+,22+/m1/s1. The summed E-state index contributed by atoms with van der Waals surface area (Å²) < 4.78 is 5.90. The van der Waals surface area contributed by atoms with E-state index in [-0.39, 0.29) is 11.3 Å². The van der Waals surface area contributed by atoms with Crippen LogP contribution in [0.1, 0.15) is 29.0 Å². The fourth-order valence-electron chi connectivity index (χ4n) is 5.44. The van der Waals surface area contributed by atoms with Gasteiger partial charge in [-0.2, -0.15) is 5.26 Å². The van der Waals surface area contributed by atoms with Gasteiger partial charge in [-0.05, 0) is 29.0 Å². The van der Waals surface area contributed by atoms with Crippen LogP contribution < -0.4 is 0 Å². The van der Waals surface area contributed by atoms with Crippen LogP contribution in [0.2, 0.25) is 0 Å². The maximum Gasteiger partial charge on any atom is 0.101 e. The molecule has 0 N–H and O–H groups in total. The Labute approximate surface area is 142 Å². The van der Waals surface area contributed by atoms with E-state index in [4.69, 9.17) is 4.74 Å². The van der Waals surface area contributed by atoms with E-state index in [1.807, 2.05) is 6.07 Å². The first kappa shape index (κ1) is 14.0. The highest BCUT2D eigenvalue weighted by Gasteiger charge is 2.68. The zero-order chi connectivity index (χ0) is 16.2. The average molecular weight is 313 g/mol. The van der Waals surface area contributed by atoms with Gasteiger partial charge in [0.15, 0.2) is 0 Å². The first-order valence-electron chi connectivity index (χ1n) is 8.64. The second-order valence-corrected chi connectivity index (χ2v) is 7.29. The maximum absolute atomic E-state index is 10.5. The summed E-state index contributed by atoms with van der Waals surface area (Å²) in [5.74, 6) is 0.621. The molecule has 2 heteroatoms. The van der Waals surface area contributed by atoms with Crippen molar-refractivity contribution >= 4 is 6.08 Å². The van der Waals surface area contributed by atoms with Crippen LogP contribution in [-0.4, -0.2) is 13.2 Å². The van der Waals surface area contributed by atoms with Gasteiger partial charge in [-0.25, -0.2) is 0 Å². The van der Waals surface area contributed by atoms with E-state index in [0.717, 1.165) is 13.0 Å². The minimum atomic E-state index is -0.541. The number of hydrogen-bond donors (Lipinski definition) is 0. The van der Waals surface area contributed by atoms with Gasteiger partial charge in [0.05, 0.1) is 19.3 Å². The number of nitrogens with zero attached hydrogens (tertiary/aromatic N) is 1. The van der Waals surface area contributed by atoms with E-state index in [2.05, 4.69) is 66.8 Å². The van der Waals surface area contributed by atoms with Crippen molar-refractivity contribution in [1.29, 1.82) is 5.26 Å². The highest BCUT2D eigenvalue weighted by molar-refractivity contribution is 5.67. The molecular formula is C22H19NO. The van der Waals surface area contributed by atoms with Gasteiger partial charge < -0.3 is 4.74 Å². The molecule has 1 heterocycles. The third kappa shape index (κ3) is 1.49. The molecule has 1 aliphatic heterocycles. The third-order valence-electron chi connectivity index (χ3n) is 6.49. The Hall–Kier alpha value is -2.37. The lowest BCUT2D eigenvalue weighted by Crippen LogP contribution is -2.47. The summed E-state index contributed by atoms with van der Waals surface area (Å²) in [6.07, 6.45) is 5.51. The van der Waals surface area contributed by atoms with Crippen molar-refractivity contribution in [2.45, 2.75) is 17.8 Å². The quantitative estimate of drug-likeness (QED) is 0.786. The number of rotatable bonds is 1. The maximum atomic E-state index is 10.5. The molecule has 24 heavy (non-hydrogen) atoms. The molecule has 2 aromatic carbocycles. The predicted molar refractivity (Wildman–Crippen MR) is 93.3 cm³/mol.